The van der Waals surface area contributed by atoms with E-state index in [2.05, 4.69) is 27.7 Å². The monoisotopic (exact) mass is 368 g/mol. The molecule has 142 valence electrons. The zero-order valence-electron chi connectivity index (χ0n) is 16.3. The maximum Gasteiger partial charge on any atom is 0.343 e. The molecule has 0 fully saturated rings. The number of carboxylic acids is 1. The number of carboxylic acid groups (broad SMARTS) is 1. The molecule has 1 aliphatic heterocycles. The molecule has 0 aromatic heterocycles. The third-order valence-electron chi connectivity index (χ3n) is 4.84. The van der Waals surface area contributed by atoms with Crippen molar-refractivity contribution in [3.8, 4) is 11.5 Å². The summed E-state index contributed by atoms with van der Waals surface area (Å²) in [6, 6.07) is 9.51. The van der Waals surface area contributed by atoms with Crippen LogP contribution in [0.2, 0.25) is 0 Å². The Balaban J connectivity index is 1.91. The molecule has 0 bridgehead atoms. The molecule has 27 heavy (non-hydrogen) atoms. The summed E-state index contributed by atoms with van der Waals surface area (Å²) in [6.45, 7) is 10.3. The van der Waals surface area contributed by atoms with Gasteiger partial charge in [0.1, 0.15) is 17.1 Å². The Morgan fingerprint density at radius 2 is 1.70 bits per heavy atom. The molecular formula is C22H24O5. The number of carbonyl (C=O) groups excluding carboxylic acids is 1. The molecule has 0 atom stereocenters. The van der Waals surface area contributed by atoms with Gasteiger partial charge >= 0.3 is 11.9 Å². The van der Waals surface area contributed by atoms with Gasteiger partial charge in [0, 0.05) is 5.56 Å². The van der Waals surface area contributed by atoms with Gasteiger partial charge in [-0.15, -0.1) is 0 Å². The van der Waals surface area contributed by atoms with Crippen molar-refractivity contribution >= 4 is 11.9 Å². The van der Waals surface area contributed by atoms with Crippen LogP contribution in [0.4, 0.5) is 0 Å². The molecule has 0 saturated carbocycles. The Morgan fingerprint density at radius 1 is 1.07 bits per heavy atom. The normalized spacial score (nSPS) is 16.8. The van der Waals surface area contributed by atoms with Crippen LogP contribution in [0.5, 0.6) is 11.5 Å². The van der Waals surface area contributed by atoms with Crippen LogP contribution in [-0.4, -0.2) is 22.6 Å². The van der Waals surface area contributed by atoms with Gasteiger partial charge in [0.2, 0.25) is 0 Å². The second-order valence-corrected chi connectivity index (χ2v) is 8.30. The van der Waals surface area contributed by atoms with Crippen molar-refractivity contribution in [2.45, 2.75) is 52.1 Å². The van der Waals surface area contributed by atoms with E-state index in [0.29, 0.717) is 11.3 Å². The van der Waals surface area contributed by atoms with Gasteiger partial charge in [-0.25, -0.2) is 9.59 Å². The number of rotatable bonds is 3. The van der Waals surface area contributed by atoms with E-state index in [1.807, 2.05) is 19.1 Å². The highest BCUT2D eigenvalue weighted by Gasteiger charge is 2.39. The fraction of sp³-hybridized carbons (Fsp3) is 0.364. The number of carbonyl (C=O) groups is 2. The lowest BCUT2D eigenvalue weighted by Crippen LogP contribution is -2.41. The highest BCUT2D eigenvalue weighted by Crippen LogP contribution is 2.45. The number of aryl methyl sites for hydroxylation is 1. The van der Waals surface area contributed by atoms with Crippen LogP contribution in [-0.2, 0) is 5.41 Å². The molecule has 0 amide bonds. The lowest BCUT2D eigenvalue weighted by Gasteiger charge is -2.42. The molecule has 0 unspecified atom stereocenters. The van der Waals surface area contributed by atoms with Gasteiger partial charge in [-0.2, -0.15) is 0 Å². The predicted molar refractivity (Wildman–Crippen MR) is 102 cm³/mol. The first-order chi connectivity index (χ1) is 12.5. The quantitative estimate of drug-likeness (QED) is 0.625. The first kappa shape index (κ1) is 19.0. The van der Waals surface area contributed by atoms with Crippen molar-refractivity contribution in [2.75, 3.05) is 0 Å². The third kappa shape index (κ3) is 3.82. The Bertz CT molecular complexity index is 907. The van der Waals surface area contributed by atoms with E-state index >= 15 is 0 Å². The van der Waals surface area contributed by atoms with Crippen LogP contribution < -0.4 is 9.47 Å². The van der Waals surface area contributed by atoms with E-state index in [4.69, 9.17) is 14.6 Å². The van der Waals surface area contributed by atoms with Crippen LogP contribution in [0.25, 0.3) is 0 Å². The van der Waals surface area contributed by atoms with Crippen molar-refractivity contribution < 1.29 is 24.2 Å². The number of hydrogen-bond donors (Lipinski definition) is 1. The number of aromatic carboxylic acids is 1. The van der Waals surface area contributed by atoms with Crippen LogP contribution in [0.3, 0.4) is 0 Å². The minimum absolute atomic E-state index is 0.136. The largest absolute Gasteiger partial charge is 0.488 e. The van der Waals surface area contributed by atoms with E-state index in [9.17, 15) is 9.59 Å². The van der Waals surface area contributed by atoms with E-state index in [0.717, 1.165) is 23.3 Å². The first-order valence-corrected chi connectivity index (χ1v) is 8.88. The predicted octanol–water partition coefficient (Wildman–Crippen LogP) is 4.75. The van der Waals surface area contributed by atoms with Gasteiger partial charge in [-0.3, -0.25) is 0 Å². The molecule has 0 saturated heterocycles. The number of hydrogen-bond acceptors (Lipinski definition) is 4. The molecule has 1 heterocycles. The SMILES string of the molecule is Cc1cc2c(cc1C(=O)Oc1ccc(C(=O)O)cc1)C(C)(C)CC(C)(C)O2. The molecular weight excluding hydrogens is 344 g/mol. The van der Waals surface area contributed by atoms with Crippen molar-refractivity contribution in [1.82, 2.24) is 0 Å². The average Bonchev–Trinajstić information content (AvgIpc) is 2.52. The molecule has 1 aliphatic rings. The van der Waals surface area contributed by atoms with E-state index in [1.54, 1.807) is 0 Å². The highest BCUT2D eigenvalue weighted by atomic mass is 16.5. The van der Waals surface area contributed by atoms with E-state index in [-0.39, 0.29) is 16.6 Å². The summed E-state index contributed by atoms with van der Waals surface area (Å²) in [6.07, 6.45) is 0.835. The zero-order chi connectivity index (χ0) is 20.0. The fourth-order valence-corrected chi connectivity index (χ4v) is 3.84. The van der Waals surface area contributed by atoms with Crippen molar-refractivity contribution in [1.29, 1.82) is 0 Å². The van der Waals surface area contributed by atoms with Gasteiger partial charge in [-0.05, 0) is 74.6 Å². The highest BCUT2D eigenvalue weighted by molar-refractivity contribution is 5.93. The Hall–Kier alpha value is -2.82. The van der Waals surface area contributed by atoms with Gasteiger partial charge in [0.05, 0.1) is 11.1 Å². The van der Waals surface area contributed by atoms with Gasteiger partial charge in [0.15, 0.2) is 0 Å². The second-order valence-electron chi connectivity index (χ2n) is 8.30. The summed E-state index contributed by atoms with van der Waals surface area (Å²) < 4.78 is 11.6. The van der Waals surface area contributed by atoms with E-state index < -0.39 is 11.9 Å². The average molecular weight is 368 g/mol. The number of benzene rings is 2. The molecule has 5 heteroatoms. The van der Waals surface area contributed by atoms with Crippen LogP contribution in [0, 0.1) is 6.92 Å². The second kappa shape index (κ2) is 6.41. The zero-order valence-corrected chi connectivity index (χ0v) is 16.3. The number of fused-ring (bicyclic) bond motifs is 1. The lowest BCUT2D eigenvalue weighted by atomic mass is 9.73. The topological polar surface area (TPSA) is 72.8 Å². The molecule has 0 radical (unpaired) electrons. The van der Waals surface area contributed by atoms with Crippen LogP contribution in [0.1, 0.15) is 66.0 Å². The summed E-state index contributed by atoms with van der Waals surface area (Å²) in [4.78, 5) is 23.6. The Kier molecular flexibility index (Phi) is 4.50. The summed E-state index contributed by atoms with van der Waals surface area (Å²) in [5, 5.41) is 8.95. The molecule has 1 N–H and O–H groups in total. The molecule has 0 spiro atoms. The summed E-state index contributed by atoms with van der Waals surface area (Å²) in [7, 11) is 0. The van der Waals surface area contributed by atoms with Crippen molar-refractivity contribution in [3.05, 3.63) is 58.7 Å². The van der Waals surface area contributed by atoms with Gasteiger partial charge < -0.3 is 14.6 Å². The number of esters is 1. The maximum absolute atomic E-state index is 12.7. The smallest absolute Gasteiger partial charge is 0.343 e. The summed E-state index contributed by atoms with van der Waals surface area (Å²) in [5.74, 6) is -0.391. The summed E-state index contributed by atoms with van der Waals surface area (Å²) >= 11 is 0. The van der Waals surface area contributed by atoms with Gasteiger partial charge in [-0.1, -0.05) is 13.8 Å². The lowest BCUT2D eigenvalue weighted by molar-refractivity contribution is 0.0531. The number of ether oxygens (including phenoxy) is 2. The maximum atomic E-state index is 12.7. The Labute approximate surface area is 158 Å². The minimum atomic E-state index is -1.02. The molecule has 0 aliphatic carbocycles. The van der Waals surface area contributed by atoms with Crippen molar-refractivity contribution in [2.24, 2.45) is 0 Å². The van der Waals surface area contributed by atoms with Crippen molar-refractivity contribution in [3.63, 3.8) is 0 Å². The standard InChI is InChI=1S/C22H24O5/c1-13-10-18-17(21(2,3)12-22(4,5)27-18)11-16(13)20(25)26-15-8-6-14(7-9-15)19(23)24/h6-11H,12H2,1-5H3,(H,23,24). The fourth-order valence-electron chi connectivity index (χ4n) is 3.84. The minimum Gasteiger partial charge on any atom is -0.488 e. The molecule has 5 nitrogen and oxygen atoms in total. The molecule has 2 aromatic rings. The third-order valence-corrected chi connectivity index (χ3v) is 4.84. The first-order valence-electron chi connectivity index (χ1n) is 8.88. The van der Waals surface area contributed by atoms with Gasteiger partial charge in [0.25, 0.3) is 0 Å². The molecule has 3 rings (SSSR count). The van der Waals surface area contributed by atoms with Crippen LogP contribution >= 0.6 is 0 Å². The Morgan fingerprint density at radius 3 is 2.30 bits per heavy atom. The molecule has 2 aromatic carbocycles. The van der Waals surface area contributed by atoms with Crippen LogP contribution in [0.15, 0.2) is 36.4 Å². The van der Waals surface area contributed by atoms with E-state index in [1.165, 1.54) is 24.3 Å². The summed E-state index contributed by atoms with van der Waals surface area (Å²) in [5.41, 5.74) is 1.98.